The number of hydrogen-bond donors (Lipinski definition) is 0. The molecule has 19 heavy (non-hydrogen) atoms. The minimum absolute atomic E-state index is 0.0443. The molecule has 98 valence electrons. The van der Waals surface area contributed by atoms with Gasteiger partial charge in [-0.15, -0.1) is 0 Å². The number of aryl methyl sites for hydroxylation is 1. The molecule has 0 amide bonds. The van der Waals surface area contributed by atoms with Crippen molar-refractivity contribution < 1.29 is 14.3 Å². The molecule has 0 aromatic heterocycles. The molecule has 0 aliphatic rings. The molecule has 3 nitrogen and oxygen atoms in total. The van der Waals surface area contributed by atoms with Crippen LogP contribution in [0.2, 0.25) is 0 Å². The van der Waals surface area contributed by atoms with Crippen molar-refractivity contribution >= 4 is 5.78 Å². The summed E-state index contributed by atoms with van der Waals surface area (Å²) in [5.41, 5.74) is 2.21. The van der Waals surface area contributed by atoms with E-state index in [4.69, 9.17) is 9.47 Å². The maximum Gasteiger partial charge on any atom is 0.193 e. The highest BCUT2D eigenvalue weighted by atomic mass is 16.5. The smallest absolute Gasteiger partial charge is 0.193 e. The molecule has 0 saturated carbocycles. The predicted molar refractivity (Wildman–Crippen MR) is 74.2 cm³/mol. The predicted octanol–water partition coefficient (Wildman–Crippen LogP) is 3.24. The molecule has 0 saturated heterocycles. The maximum absolute atomic E-state index is 12.4. The molecule has 0 aliphatic heterocycles. The standard InChI is InChI=1S/C16H16O3/c1-11-7-8-13(10-15(11)19-3)16(17)12-5-4-6-14(9-12)18-2/h4-10H,1-3H3. The Morgan fingerprint density at radius 1 is 0.947 bits per heavy atom. The minimum Gasteiger partial charge on any atom is -0.497 e. The van der Waals surface area contributed by atoms with Crippen LogP contribution in [0.4, 0.5) is 0 Å². The van der Waals surface area contributed by atoms with Crippen LogP contribution in [0, 0.1) is 6.92 Å². The lowest BCUT2D eigenvalue weighted by Crippen LogP contribution is -2.02. The van der Waals surface area contributed by atoms with Crippen LogP contribution in [0.1, 0.15) is 21.5 Å². The van der Waals surface area contributed by atoms with E-state index < -0.39 is 0 Å². The molecule has 0 unspecified atom stereocenters. The van der Waals surface area contributed by atoms with Gasteiger partial charge in [0, 0.05) is 11.1 Å². The highest BCUT2D eigenvalue weighted by Crippen LogP contribution is 2.22. The highest BCUT2D eigenvalue weighted by molar-refractivity contribution is 6.09. The maximum atomic E-state index is 12.4. The average Bonchev–Trinajstić information content (AvgIpc) is 2.47. The number of carbonyl (C=O) groups is 1. The van der Waals surface area contributed by atoms with E-state index in [0.29, 0.717) is 22.6 Å². The Balaban J connectivity index is 2.38. The number of hydrogen-bond acceptors (Lipinski definition) is 3. The number of benzene rings is 2. The quantitative estimate of drug-likeness (QED) is 0.788. The zero-order chi connectivity index (χ0) is 13.8. The highest BCUT2D eigenvalue weighted by Gasteiger charge is 2.11. The van der Waals surface area contributed by atoms with Gasteiger partial charge in [0.2, 0.25) is 0 Å². The number of methoxy groups -OCH3 is 2. The fourth-order valence-electron chi connectivity index (χ4n) is 1.89. The first-order valence-corrected chi connectivity index (χ1v) is 5.99. The van der Waals surface area contributed by atoms with Crippen molar-refractivity contribution in [1.82, 2.24) is 0 Å². The molecule has 0 N–H and O–H groups in total. The van der Waals surface area contributed by atoms with Crippen LogP contribution in [0.5, 0.6) is 11.5 Å². The van der Waals surface area contributed by atoms with Gasteiger partial charge in [0.25, 0.3) is 0 Å². The third-order valence-corrected chi connectivity index (χ3v) is 3.00. The molecule has 0 heterocycles. The monoisotopic (exact) mass is 256 g/mol. The molecule has 0 spiro atoms. The fourth-order valence-corrected chi connectivity index (χ4v) is 1.89. The van der Waals surface area contributed by atoms with Crippen LogP contribution >= 0.6 is 0 Å². The number of ketones is 1. The second kappa shape index (κ2) is 5.57. The van der Waals surface area contributed by atoms with E-state index in [0.717, 1.165) is 5.56 Å². The lowest BCUT2D eigenvalue weighted by atomic mass is 10.0. The Hall–Kier alpha value is -2.29. The molecular weight excluding hydrogens is 240 g/mol. The van der Waals surface area contributed by atoms with Gasteiger partial charge < -0.3 is 9.47 Å². The summed E-state index contributed by atoms with van der Waals surface area (Å²) in [7, 11) is 3.18. The summed E-state index contributed by atoms with van der Waals surface area (Å²) in [5.74, 6) is 1.34. The van der Waals surface area contributed by atoms with Gasteiger partial charge in [0.05, 0.1) is 14.2 Å². The largest absolute Gasteiger partial charge is 0.497 e. The topological polar surface area (TPSA) is 35.5 Å². The van der Waals surface area contributed by atoms with E-state index in [2.05, 4.69) is 0 Å². The molecule has 0 atom stereocenters. The summed E-state index contributed by atoms with van der Waals surface area (Å²) in [6, 6.07) is 12.6. The van der Waals surface area contributed by atoms with E-state index in [1.807, 2.05) is 19.1 Å². The molecule has 0 aliphatic carbocycles. The van der Waals surface area contributed by atoms with Crippen molar-refractivity contribution in [3.05, 3.63) is 59.2 Å². The van der Waals surface area contributed by atoms with E-state index >= 15 is 0 Å². The van der Waals surface area contributed by atoms with Crippen LogP contribution < -0.4 is 9.47 Å². The fraction of sp³-hybridized carbons (Fsp3) is 0.188. The third kappa shape index (κ3) is 2.76. The van der Waals surface area contributed by atoms with Crippen molar-refractivity contribution in [3.63, 3.8) is 0 Å². The first-order chi connectivity index (χ1) is 9.15. The van der Waals surface area contributed by atoms with Gasteiger partial charge in [-0.1, -0.05) is 24.3 Å². The Bertz CT molecular complexity index is 603. The van der Waals surface area contributed by atoms with Crippen molar-refractivity contribution in [3.8, 4) is 11.5 Å². The van der Waals surface area contributed by atoms with Crippen LogP contribution in [-0.4, -0.2) is 20.0 Å². The van der Waals surface area contributed by atoms with Crippen molar-refractivity contribution in [2.75, 3.05) is 14.2 Å². The Morgan fingerprint density at radius 3 is 2.37 bits per heavy atom. The molecule has 0 bridgehead atoms. The summed E-state index contributed by atoms with van der Waals surface area (Å²) in [5, 5.41) is 0. The van der Waals surface area contributed by atoms with Crippen LogP contribution in [-0.2, 0) is 0 Å². The zero-order valence-corrected chi connectivity index (χ0v) is 11.3. The molecular formula is C16H16O3. The number of carbonyl (C=O) groups excluding carboxylic acids is 1. The van der Waals surface area contributed by atoms with Gasteiger partial charge in [-0.3, -0.25) is 4.79 Å². The van der Waals surface area contributed by atoms with E-state index in [1.165, 1.54) is 0 Å². The summed E-state index contributed by atoms with van der Waals surface area (Å²) >= 11 is 0. The summed E-state index contributed by atoms with van der Waals surface area (Å²) < 4.78 is 10.4. The van der Waals surface area contributed by atoms with Gasteiger partial charge >= 0.3 is 0 Å². The molecule has 2 aromatic carbocycles. The second-order valence-corrected chi connectivity index (χ2v) is 4.25. The first-order valence-electron chi connectivity index (χ1n) is 5.99. The van der Waals surface area contributed by atoms with Gasteiger partial charge in [-0.25, -0.2) is 0 Å². The van der Waals surface area contributed by atoms with Crippen LogP contribution in [0.25, 0.3) is 0 Å². The Morgan fingerprint density at radius 2 is 1.68 bits per heavy atom. The summed E-state index contributed by atoms with van der Waals surface area (Å²) in [6.07, 6.45) is 0. The lowest BCUT2D eigenvalue weighted by Gasteiger charge is -2.08. The molecule has 2 aromatic rings. The number of rotatable bonds is 4. The first kappa shape index (κ1) is 13.1. The van der Waals surface area contributed by atoms with Crippen molar-refractivity contribution in [1.29, 1.82) is 0 Å². The van der Waals surface area contributed by atoms with Crippen molar-refractivity contribution in [2.24, 2.45) is 0 Å². The van der Waals surface area contributed by atoms with E-state index in [-0.39, 0.29) is 5.78 Å². The lowest BCUT2D eigenvalue weighted by molar-refractivity contribution is 0.103. The van der Waals surface area contributed by atoms with Gasteiger partial charge in [-0.2, -0.15) is 0 Å². The average molecular weight is 256 g/mol. The van der Waals surface area contributed by atoms with Crippen LogP contribution in [0.3, 0.4) is 0 Å². The second-order valence-electron chi connectivity index (χ2n) is 4.25. The number of ether oxygens (including phenoxy) is 2. The molecule has 2 rings (SSSR count). The third-order valence-electron chi connectivity index (χ3n) is 3.00. The summed E-state index contributed by atoms with van der Waals surface area (Å²) in [4.78, 5) is 12.4. The van der Waals surface area contributed by atoms with Gasteiger partial charge in [0.1, 0.15) is 11.5 Å². The zero-order valence-electron chi connectivity index (χ0n) is 11.3. The van der Waals surface area contributed by atoms with Crippen molar-refractivity contribution in [2.45, 2.75) is 6.92 Å². The summed E-state index contributed by atoms with van der Waals surface area (Å²) in [6.45, 7) is 1.94. The molecule has 0 radical (unpaired) electrons. The van der Waals surface area contributed by atoms with Crippen LogP contribution in [0.15, 0.2) is 42.5 Å². The Kier molecular flexibility index (Phi) is 3.85. The molecule has 0 fully saturated rings. The van der Waals surface area contributed by atoms with E-state index in [1.54, 1.807) is 44.6 Å². The van der Waals surface area contributed by atoms with E-state index in [9.17, 15) is 4.79 Å². The van der Waals surface area contributed by atoms with Gasteiger partial charge in [0.15, 0.2) is 5.78 Å². The van der Waals surface area contributed by atoms with Gasteiger partial charge in [-0.05, 0) is 30.7 Å². The normalized spacial score (nSPS) is 10.1. The SMILES string of the molecule is COc1cccc(C(=O)c2ccc(C)c(OC)c2)c1. The minimum atomic E-state index is -0.0443. The molecule has 3 heteroatoms. The Labute approximate surface area is 112 Å².